The minimum absolute atomic E-state index is 0.238. The molecule has 0 heterocycles. The standard InChI is InChI=1S/C12H15F3N2O2/c13-9-3-2-8(10(14)11(9)15)12(18)17-5-1-6-19-7-4-16/h2-3H,1,4-7,16H2,(H,17,18). The number of benzene rings is 1. The van der Waals surface area contributed by atoms with Gasteiger partial charge in [0.05, 0.1) is 12.2 Å². The highest BCUT2D eigenvalue weighted by Gasteiger charge is 2.18. The molecule has 0 spiro atoms. The number of carbonyl (C=O) groups excluding carboxylic acids is 1. The third-order valence-corrected chi connectivity index (χ3v) is 2.29. The van der Waals surface area contributed by atoms with Crippen molar-refractivity contribution in [2.24, 2.45) is 5.73 Å². The Hall–Kier alpha value is -1.60. The monoisotopic (exact) mass is 276 g/mol. The first kappa shape index (κ1) is 15.5. The number of nitrogens with two attached hydrogens (primary N) is 1. The molecule has 0 saturated carbocycles. The van der Waals surface area contributed by atoms with Crippen molar-refractivity contribution in [2.75, 3.05) is 26.3 Å². The number of nitrogens with one attached hydrogen (secondary N) is 1. The van der Waals surface area contributed by atoms with Crippen LogP contribution < -0.4 is 11.1 Å². The van der Waals surface area contributed by atoms with E-state index in [1.165, 1.54) is 0 Å². The van der Waals surface area contributed by atoms with E-state index in [0.29, 0.717) is 32.2 Å². The summed E-state index contributed by atoms with van der Waals surface area (Å²) in [5.74, 6) is -5.27. The fraction of sp³-hybridized carbons (Fsp3) is 0.417. The van der Waals surface area contributed by atoms with Crippen LogP contribution in [0.15, 0.2) is 12.1 Å². The van der Waals surface area contributed by atoms with Gasteiger partial charge >= 0.3 is 0 Å². The molecule has 1 rings (SSSR count). The van der Waals surface area contributed by atoms with E-state index < -0.39 is 28.9 Å². The number of ether oxygens (including phenoxy) is 1. The number of hydrogen-bond donors (Lipinski definition) is 2. The van der Waals surface area contributed by atoms with Gasteiger partial charge in [-0.05, 0) is 18.6 Å². The zero-order valence-corrected chi connectivity index (χ0v) is 10.2. The van der Waals surface area contributed by atoms with Crippen molar-refractivity contribution >= 4 is 5.91 Å². The van der Waals surface area contributed by atoms with Crippen molar-refractivity contribution < 1.29 is 22.7 Å². The van der Waals surface area contributed by atoms with Crippen molar-refractivity contribution in [1.29, 1.82) is 0 Å². The van der Waals surface area contributed by atoms with Crippen LogP contribution in [-0.4, -0.2) is 32.2 Å². The van der Waals surface area contributed by atoms with Crippen molar-refractivity contribution in [1.82, 2.24) is 5.32 Å². The predicted octanol–water partition coefficient (Wildman–Crippen LogP) is 1.20. The maximum absolute atomic E-state index is 13.3. The van der Waals surface area contributed by atoms with E-state index >= 15 is 0 Å². The van der Waals surface area contributed by atoms with Crippen molar-refractivity contribution in [3.63, 3.8) is 0 Å². The van der Waals surface area contributed by atoms with E-state index in [-0.39, 0.29) is 6.54 Å². The predicted molar refractivity (Wildman–Crippen MR) is 63.1 cm³/mol. The molecule has 4 nitrogen and oxygen atoms in total. The van der Waals surface area contributed by atoms with Gasteiger partial charge in [-0.2, -0.15) is 0 Å². The Bertz CT molecular complexity index is 441. The van der Waals surface area contributed by atoms with Gasteiger partial charge in [0.15, 0.2) is 17.5 Å². The molecule has 0 aliphatic rings. The molecule has 7 heteroatoms. The average Bonchev–Trinajstić information content (AvgIpc) is 2.40. The van der Waals surface area contributed by atoms with Gasteiger partial charge in [0, 0.05) is 19.7 Å². The largest absolute Gasteiger partial charge is 0.380 e. The highest BCUT2D eigenvalue weighted by molar-refractivity contribution is 5.94. The zero-order chi connectivity index (χ0) is 14.3. The van der Waals surface area contributed by atoms with Gasteiger partial charge in [-0.25, -0.2) is 13.2 Å². The highest BCUT2D eigenvalue weighted by Crippen LogP contribution is 2.14. The van der Waals surface area contributed by atoms with Crippen LogP contribution in [0, 0.1) is 17.5 Å². The summed E-state index contributed by atoms with van der Waals surface area (Å²) in [4.78, 5) is 11.5. The van der Waals surface area contributed by atoms with Crippen molar-refractivity contribution in [3.05, 3.63) is 35.1 Å². The summed E-state index contributed by atoms with van der Waals surface area (Å²) in [6, 6.07) is 1.60. The van der Waals surface area contributed by atoms with Gasteiger partial charge in [0.2, 0.25) is 0 Å². The van der Waals surface area contributed by atoms with E-state index in [1.807, 2.05) is 0 Å². The molecule has 0 atom stereocenters. The first-order valence-corrected chi connectivity index (χ1v) is 5.77. The molecular formula is C12H15F3N2O2. The first-order valence-electron chi connectivity index (χ1n) is 5.77. The quantitative estimate of drug-likeness (QED) is 0.581. The number of hydrogen-bond acceptors (Lipinski definition) is 3. The summed E-state index contributed by atoms with van der Waals surface area (Å²) in [7, 11) is 0. The van der Waals surface area contributed by atoms with E-state index in [9.17, 15) is 18.0 Å². The minimum Gasteiger partial charge on any atom is -0.380 e. The van der Waals surface area contributed by atoms with Gasteiger partial charge in [-0.3, -0.25) is 4.79 Å². The van der Waals surface area contributed by atoms with E-state index in [4.69, 9.17) is 10.5 Å². The summed E-state index contributed by atoms with van der Waals surface area (Å²) >= 11 is 0. The van der Waals surface area contributed by atoms with Crippen molar-refractivity contribution in [2.45, 2.75) is 6.42 Å². The number of carbonyl (C=O) groups is 1. The van der Waals surface area contributed by atoms with Crippen LogP contribution in [0.25, 0.3) is 0 Å². The maximum Gasteiger partial charge on any atom is 0.254 e. The van der Waals surface area contributed by atoms with Crippen molar-refractivity contribution in [3.8, 4) is 0 Å². The lowest BCUT2D eigenvalue weighted by atomic mass is 10.2. The summed E-state index contributed by atoms with van der Waals surface area (Å²) in [5, 5.41) is 2.38. The lowest BCUT2D eigenvalue weighted by Gasteiger charge is -2.07. The Kier molecular flexibility index (Phi) is 6.31. The zero-order valence-electron chi connectivity index (χ0n) is 10.2. The smallest absolute Gasteiger partial charge is 0.254 e. The van der Waals surface area contributed by atoms with Crippen LogP contribution >= 0.6 is 0 Å². The van der Waals surface area contributed by atoms with Gasteiger partial charge in [-0.1, -0.05) is 0 Å². The second-order valence-electron chi connectivity index (χ2n) is 3.73. The van der Waals surface area contributed by atoms with Crippen LogP contribution in [0.4, 0.5) is 13.2 Å². The molecule has 0 aliphatic carbocycles. The molecule has 106 valence electrons. The SMILES string of the molecule is NCCOCCCNC(=O)c1ccc(F)c(F)c1F. The van der Waals surface area contributed by atoms with Crippen LogP contribution in [0.5, 0.6) is 0 Å². The molecule has 0 radical (unpaired) electrons. The fourth-order valence-electron chi connectivity index (χ4n) is 1.36. The molecule has 3 N–H and O–H groups in total. The normalized spacial score (nSPS) is 10.5. The molecule has 19 heavy (non-hydrogen) atoms. The summed E-state index contributed by atoms with van der Waals surface area (Å²) in [6.45, 7) is 1.47. The Morgan fingerprint density at radius 1 is 1.21 bits per heavy atom. The molecule has 1 amide bonds. The Morgan fingerprint density at radius 3 is 2.63 bits per heavy atom. The van der Waals surface area contributed by atoms with Crippen LogP contribution in [-0.2, 0) is 4.74 Å². The van der Waals surface area contributed by atoms with Gasteiger partial charge < -0.3 is 15.8 Å². The molecule has 1 aromatic rings. The summed E-state index contributed by atoms with van der Waals surface area (Å²) < 4.78 is 43.9. The summed E-state index contributed by atoms with van der Waals surface area (Å²) in [6.07, 6.45) is 0.511. The van der Waals surface area contributed by atoms with Gasteiger partial charge in [0.1, 0.15) is 0 Å². The van der Waals surface area contributed by atoms with Crippen LogP contribution in [0.1, 0.15) is 16.8 Å². The van der Waals surface area contributed by atoms with Gasteiger partial charge in [0.25, 0.3) is 5.91 Å². The Morgan fingerprint density at radius 2 is 1.95 bits per heavy atom. The van der Waals surface area contributed by atoms with Crippen LogP contribution in [0.2, 0.25) is 0 Å². The molecule has 0 unspecified atom stereocenters. The first-order chi connectivity index (χ1) is 9.07. The average molecular weight is 276 g/mol. The lowest BCUT2D eigenvalue weighted by molar-refractivity contribution is 0.0938. The fourth-order valence-corrected chi connectivity index (χ4v) is 1.36. The molecule has 0 bridgehead atoms. The topological polar surface area (TPSA) is 64.3 Å². The Balaban J connectivity index is 2.44. The molecule has 0 aliphatic heterocycles. The molecule has 0 aromatic heterocycles. The van der Waals surface area contributed by atoms with Crippen LogP contribution in [0.3, 0.4) is 0 Å². The van der Waals surface area contributed by atoms with Gasteiger partial charge in [-0.15, -0.1) is 0 Å². The second-order valence-corrected chi connectivity index (χ2v) is 3.73. The third kappa shape index (κ3) is 4.53. The lowest BCUT2D eigenvalue weighted by Crippen LogP contribution is -2.26. The number of halogens is 3. The number of rotatable bonds is 7. The molecule has 0 saturated heterocycles. The maximum atomic E-state index is 13.3. The Labute approximate surface area is 108 Å². The highest BCUT2D eigenvalue weighted by atomic mass is 19.2. The van der Waals surface area contributed by atoms with E-state index in [1.54, 1.807) is 0 Å². The second kappa shape index (κ2) is 7.75. The summed E-state index contributed by atoms with van der Waals surface area (Å²) in [5.41, 5.74) is 4.68. The third-order valence-electron chi connectivity index (χ3n) is 2.29. The number of amides is 1. The minimum atomic E-state index is -1.65. The molecule has 0 fully saturated rings. The van der Waals surface area contributed by atoms with E-state index in [2.05, 4.69) is 5.32 Å². The van der Waals surface area contributed by atoms with E-state index in [0.717, 1.165) is 6.07 Å². The molecule has 1 aromatic carbocycles. The molecular weight excluding hydrogens is 261 g/mol.